The maximum Gasteiger partial charge on any atom is 0.306 e. The molecule has 1 fully saturated rings. The number of carbonyl (C=O) groups is 2. The summed E-state index contributed by atoms with van der Waals surface area (Å²) >= 11 is 0. The van der Waals surface area contributed by atoms with Gasteiger partial charge in [0.05, 0.1) is 29.1 Å². The van der Waals surface area contributed by atoms with Gasteiger partial charge in [-0.05, 0) is 49.4 Å². The maximum atomic E-state index is 13.2. The number of amides is 1. The Bertz CT molecular complexity index is 814. The van der Waals surface area contributed by atoms with Crippen molar-refractivity contribution in [3.63, 3.8) is 0 Å². The molecule has 0 radical (unpaired) electrons. The Morgan fingerprint density at radius 3 is 2.54 bits per heavy atom. The molecule has 0 bridgehead atoms. The Labute approximate surface area is 151 Å². The minimum absolute atomic E-state index is 0.0265. The third-order valence-corrected chi connectivity index (χ3v) is 4.79. The number of hydrogen-bond acceptors (Lipinski definition) is 3. The van der Waals surface area contributed by atoms with Gasteiger partial charge in [-0.3, -0.25) is 9.59 Å². The molecule has 1 aliphatic rings. The van der Waals surface area contributed by atoms with Gasteiger partial charge in [-0.2, -0.15) is 5.10 Å². The van der Waals surface area contributed by atoms with E-state index in [1.165, 1.54) is 18.3 Å². The minimum atomic E-state index is -0.811. The molecule has 1 amide bonds. The first kappa shape index (κ1) is 18.1. The van der Waals surface area contributed by atoms with E-state index < -0.39 is 11.9 Å². The Morgan fingerprint density at radius 1 is 1.27 bits per heavy atom. The molecule has 3 rings (SSSR count). The first-order valence-corrected chi connectivity index (χ1v) is 8.74. The number of carboxylic acids is 1. The van der Waals surface area contributed by atoms with Crippen molar-refractivity contribution in [1.29, 1.82) is 0 Å². The molecule has 2 atom stereocenters. The van der Waals surface area contributed by atoms with E-state index in [0.29, 0.717) is 30.5 Å². The lowest BCUT2D eigenvalue weighted by Gasteiger charge is -2.15. The Morgan fingerprint density at radius 2 is 1.96 bits per heavy atom. The van der Waals surface area contributed by atoms with Crippen LogP contribution in [-0.2, 0) is 4.79 Å². The van der Waals surface area contributed by atoms with Crippen LogP contribution in [0.5, 0.6) is 0 Å². The van der Waals surface area contributed by atoms with Crippen molar-refractivity contribution in [2.75, 3.05) is 0 Å². The number of nitrogens with one attached hydrogen (secondary N) is 1. The number of aliphatic carboxylic acids is 1. The lowest BCUT2D eigenvalue weighted by Crippen LogP contribution is -2.34. The topological polar surface area (TPSA) is 84.2 Å². The van der Waals surface area contributed by atoms with E-state index in [4.69, 9.17) is 5.11 Å². The highest BCUT2D eigenvalue weighted by Crippen LogP contribution is 2.27. The van der Waals surface area contributed by atoms with E-state index >= 15 is 0 Å². The third-order valence-electron chi connectivity index (χ3n) is 4.79. The molecule has 0 saturated heterocycles. The van der Waals surface area contributed by atoms with Crippen LogP contribution in [0.15, 0.2) is 30.5 Å². The van der Waals surface area contributed by atoms with Crippen molar-refractivity contribution in [3.05, 3.63) is 47.5 Å². The van der Waals surface area contributed by atoms with Gasteiger partial charge in [0.1, 0.15) is 5.82 Å². The van der Waals surface area contributed by atoms with Crippen LogP contribution in [0.1, 0.15) is 55.1 Å². The second-order valence-electron chi connectivity index (χ2n) is 7.01. The van der Waals surface area contributed by atoms with Crippen LogP contribution in [0.3, 0.4) is 0 Å². The largest absolute Gasteiger partial charge is 0.481 e. The first-order chi connectivity index (χ1) is 12.4. The minimum Gasteiger partial charge on any atom is -0.481 e. The molecule has 1 saturated carbocycles. The van der Waals surface area contributed by atoms with Gasteiger partial charge in [0.2, 0.25) is 0 Å². The molecule has 2 aromatic rings. The highest BCUT2D eigenvalue weighted by molar-refractivity contribution is 5.95. The number of carbonyl (C=O) groups excluding carboxylic acids is 1. The monoisotopic (exact) mass is 359 g/mol. The van der Waals surface area contributed by atoms with Crippen LogP contribution in [0.25, 0.3) is 5.69 Å². The summed E-state index contributed by atoms with van der Waals surface area (Å²) in [6, 6.07) is 5.80. The molecule has 1 aliphatic carbocycles. The molecule has 0 unspecified atom stereocenters. The highest BCUT2D eigenvalue weighted by Gasteiger charge is 2.31. The maximum absolute atomic E-state index is 13.2. The zero-order valence-corrected chi connectivity index (χ0v) is 14.8. The molecule has 1 aromatic heterocycles. The average molecular weight is 359 g/mol. The van der Waals surface area contributed by atoms with Gasteiger partial charge in [0.25, 0.3) is 5.91 Å². The third kappa shape index (κ3) is 3.61. The van der Waals surface area contributed by atoms with Gasteiger partial charge in [-0.25, -0.2) is 9.07 Å². The van der Waals surface area contributed by atoms with E-state index in [2.05, 4.69) is 10.4 Å². The lowest BCUT2D eigenvalue weighted by molar-refractivity contribution is -0.141. The van der Waals surface area contributed by atoms with Crippen molar-refractivity contribution >= 4 is 11.9 Å². The molecule has 1 heterocycles. The smallest absolute Gasteiger partial charge is 0.306 e. The van der Waals surface area contributed by atoms with Crippen molar-refractivity contribution in [3.8, 4) is 5.69 Å². The number of nitrogens with zero attached hydrogens (tertiary/aromatic N) is 2. The van der Waals surface area contributed by atoms with Crippen LogP contribution in [0.4, 0.5) is 4.39 Å². The Kier molecular flexibility index (Phi) is 5.06. The van der Waals surface area contributed by atoms with E-state index in [-0.39, 0.29) is 23.7 Å². The quantitative estimate of drug-likeness (QED) is 0.859. The van der Waals surface area contributed by atoms with E-state index in [0.717, 1.165) is 5.69 Å². The Hall–Kier alpha value is -2.70. The van der Waals surface area contributed by atoms with Gasteiger partial charge >= 0.3 is 5.97 Å². The molecule has 0 spiro atoms. The summed E-state index contributed by atoms with van der Waals surface area (Å²) in [6.07, 6.45) is 3.19. The van der Waals surface area contributed by atoms with Crippen LogP contribution >= 0.6 is 0 Å². The average Bonchev–Trinajstić information content (AvgIpc) is 3.22. The summed E-state index contributed by atoms with van der Waals surface area (Å²) in [6.45, 7) is 3.92. The predicted molar refractivity (Wildman–Crippen MR) is 93.8 cm³/mol. The fourth-order valence-electron chi connectivity index (χ4n) is 3.48. The van der Waals surface area contributed by atoms with Gasteiger partial charge in [0, 0.05) is 6.04 Å². The fourth-order valence-corrected chi connectivity index (χ4v) is 3.48. The highest BCUT2D eigenvalue weighted by atomic mass is 19.1. The number of benzene rings is 1. The standard InChI is InChI=1S/C19H22FN3O3/c1-11(2)17-16(10-21-23(17)15-7-4-13(20)5-8-15)18(24)22-14-6-3-12(9-14)19(25)26/h4-5,7-8,10-12,14H,3,6,9H2,1-2H3,(H,22,24)(H,25,26)/t12-,14+/m0/s1. The van der Waals surface area contributed by atoms with Gasteiger partial charge in [-0.1, -0.05) is 13.8 Å². The van der Waals surface area contributed by atoms with Crippen LogP contribution < -0.4 is 5.32 Å². The second-order valence-corrected chi connectivity index (χ2v) is 7.01. The summed E-state index contributed by atoms with van der Waals surface area (Å²) in [5.74, 6) is -1.77. The summed E-state index contributed by atoms with van der Waals surface area (Å²) in [7, 11) is 0. The molecular formula is C19H22FN3O3. The van der Waals surface area contributed by atoms with Gasteiger partial charge in [-0.15, -0.1) is 0 Å². The van der Waals surface area contributed by atoms with E-state index in [1.807, 2.05) is 13.8 Å². The lowest BCUT2D eigenvalue weighted by atomic mass is 10.0. The molecule has 2 N–H and O–H groups in total. The fraction of sp³-hybridized carbons (Fsp3) is 0.421. The van der Waals surface area contributed by atoms with Crippen LogP contribution in [-0.4, -0.2) is 32.8 Å². The molecule has 6 nitrogen and oxygen atoms in total. The van der Waals surface area contributed by atoms with Crippen molar-refractivity contribution < 1.29 is 19.1 Å². The number of aromatic nitrogens is 2. The predicted octanol–water partition coefficient (Wildman–Crippen LogP) is 3.12. The van der Waals surface area contributed by atoms with Crippen molar-refractivity contribution in [2.24, 2.45) is 5.92 Å². The normalized spacial score (nSPS) is 19.7. The molecule has 1 aromatic carbocycles. The molecule has 7 heteroatoms. The number of rotatable bonds is 5. The summed E-state index contributed by atoms with van der Waals surface area (Å²) in [4.78, 5) is 23.8. The summed E-state index contributed by atoms with van der Waals surface area (Å²) in [5, 5.41) is 16.3. The molecule has 0 aliphatic heterocycles. The molecule has 138 valence electrons. The van der Waals surface area contributed by atoms with Crippen LogP contribution in [0, 0.1) is 11.7 Å². The summed E-state index contributed by atoms with van der Waals surface area (Å²) in [5.41, 5.74) is 1.88. The zero-order chi connectivity index (χ0) is 18.8. The van der Waals surface area contributed by atoms with Gasteiger partial charge < -0.3 is 10.4 Å². The molecular weight excluding hydrogens is 337 g/mol. The first-order valence-electron chi connectivity index (χ1n) is 8.74. The van der Waals surface area contributed by atoms with E-state index in [9.17, 15) is 14.0 Å². The number of carboxylic acid groups (broad SMARTS) is 1. The van der Waals surface area contributed by atoms with Crippen LogP contribution in [0.2, 0.25) is 0 Å². The Balaban J connectivity index is 1.82. The number of hydrogen-bond donors (Lipinski definition) is 2. The van der Waals surface area contributed by atoms with E-state index in [1.54, 1.807) is 16.8 Å². The summed E-state index contributed by atoms with van der Waals surface area (Å²) < 4.78 is 14.8. The zero-order valence-electron chi connectivity index (χ0n) is 14.8. The SMILES string of the molecule is CC(C)c1c(C(=O)N[C@@H]2CC[C@H](C(=O)O)C2)cnn1-c1ccc(F)cc1. The van der Waals surface area contributed by atoms with Gasteiger partial charge in [0.15, 0.2) is 0 Å². The molecule has 26 heavy (non-hydrogen) atoms. The second kappa shape index (κ2) is 7.27. The number of halogens is 1. The van der Waals surface area contributed by atoms with Crippen molar-refractivity contribution in [2.45, 2.75) is 45.1 Å². The van der Waals surface area contributed by atoms with Crippen molar-refractivity contribution in [1.82, 2.24) is 15.1 Å².